The fraction of sp³-hybridized carbons (Fsp3) is 0.100. The van der Waals surface area contributed by atoms with E-state index in [0.717, 1.165) is 0 Å². The van der Waals surface area contributed by atoms with E-state index in [1.807, 2.05) is 0 Å². The van der Waals surface area contributed by atoms with Crippen molar-refractivity contribution in [1.29, 1.82) is 0 Å². The van der Waals surface area contributed by atoms with Gasteiger partial charge in [0.2, 0.25) is 10.0 Å². The Bertz CT molecular complexity index is 469. The van der Waals surface area contributed by atoms with Crippen molar-refractivity contribution >= 4 is 16.0 Å². The maximum Gasteiger partial charge on any atom is 0.314 e. The maximum atomic E-state index is 10.6. The van der Waals surface area contributed by atoms with Crippen molar-refractivity contribution in [2.75, 3.05) is 0 Å². The fourth-order valence-electron chi connectivity index (χ4n) is 0.927. The zero-order valence-electron chi connectivity index (χ0n) is 8.37. The van der Waals surface area contributed by atoms with Crippen molar-refractivity contribution in [1.82, 2.24) is 0 Å². The predicted octanol–water partition coefficient (Wildman–Crippen LogP) is 0.781. The van der Waals surface area contributed by atoms with Crippen LogP contribution in [0.4, 0.5) is 0 Å². The summed E-state index contributed by atoms with van der Waals surface area (Å²) in [6.45, 7) is 0. The van der Waals surface area contributed by atoms with Gasteiger partial charge in [-0.25, -0.2) is 13.6 Å². The summed E-state index contributed by atoms with van der Waals surface area (Å²) in [7, 11) is -3.50. The lowest BCUT2D eigenvalue weighted by Crippen LogP contribution is -2.11. The number of sulfonamides is 1. The van der Waals surface area contributed by atoms with E-state index in [1.165, 1.54) is 18.4 Å². The number of hydrogen-bond donors (Lipinski definition) is 1. The van der Waals surface area contributed by atoms with Gasteiger partial charge in [0.1, 0.15) is 0 Å². The van der Waals surface area contributed by atoms with Crippen molar-refractivity contribution in [2.24, 2.45) is 5.14 Å². The Morgan fingerprint density at radius 1 is 1.19 bits per heavy atom. The van der Waals surface area contributed by atoms with E-state index >= 15 is 0 Å². The number of benzene rings is 1. The highest BCUT2D eigenvalue weighted by atomic mass is 32.2. The molecule has 1 aromatic carbocycles. The van der Waals surface area contributed by atoms with Crippen LogP contribution in [0.15, 0.2) is 47.6 Å². The summed E-state index contributed by atoms with van der Waals surface area (Å²) in [6.07, 6.45) is 3.53. The first-order valence-corrected chi connectivity index (χ1v) is 5.97. The van der Waals surface area contributed by atoms with Crippen molar-refractivity contribution in [3.63, 3.8) is 0 Å². The molecule has 6 heteroatoms. The second-order valence-electron chi connectivity index (χ2n) is 2.92. The highest BCUT2D eigenvalue weighted by Gasteiger charge is 2.03. The van der Waals surface area contributed by atoms with Crippen LogP contribution in [-0.4, -0.2) is 14.4 Å². The van der Waals surface area contributed by atoms with Crippen LogP contribution in [0.25, 0.3) is 0 Å². The smallest absolute Gasteiger partial charge is 0.314 e. The van der Waals surface area contributed by atoms with Crippen molar-refractivity contribution in [2.45, 2.75) is 11.3 Å². The van der Waals surface area contributed by atoms with E-state index in [9.17, 15) is 13.2 Å². The second kappa shape index (κ2) is 5.43. The summed E-state index contributed by atoms with van der Waals surface area (Å²) in [4.78, 5) is 10.1. The van der Waals surface area contributed by atoms with Gasteiger partial charge in [0, 0.05) is 0 Å². The quantitative estimate of drug-likeness (QED) is 0.736. The summed E-state index contributed by atoms with van der Waals surface area (Å²) >= 11 is 0. The zero-order valence-corrected chi connectivity index (χ0v) is 9.18. The minimum atomic E-state index is -3.50. The number of cyclic esters (lactones) is 1. The molecule has 5 nitrogen and oxygen atoms in total. The molecule has 16 heavy (non-hydrogen) atoms. The normalized spacial score (nSPS) is 13.9. The van der Waals surface area contributed by atoms with Crippen molar-refractivity contribution in [3.8, 4) is 0 Å². The lowest BCUT2D eigenvalue weighted by molar-refractivity contribution is -0.135. The van der Waals surface area contributed by atoms with Gasteiger partial charge in [-0.3, -0.25) is 4.79 Å². The summed E-state index contributed by atoms with van der Waals surface area (Å²) in [5, 5.41) is 4.83. The molecule has 0 unspecified atom stereocenters. The molecule has 0 saturated heterocycles. The molecule has 0 spiro atoms. The Kier molecular flexibility index (Phi) is 4.21. The molecule has 0 amide bonds. The number of carbonyl (C=O) groups is 1. The third-order valence-corrected chi connectivity index (χ3v) is 2.58. The van der Waals surface area contributed by atoms with Crippen LogP contribution >= 0.6 is 0 Å². The molecule has 86 valence electrons. The minimum absolute atomic E-state index is 0.148. The average molecular weight is 241 g/mol. The second-order valence-corrected chi connectivity index (χ2v) is 4.49. The fourth-order valence-corrected chi connectivity index (χ4v) is 1.46. The number of nitrogens with two attached hydrogens (primary N) is 1. The van der Waals surface area contributed by atoms with Gasteiger partial charge in [0.05, 0.1) is 17.6 Å². The molecule has 1 heterocycles. The van der Waals surface area contributed by atoms with Crippen LogP contribution in [0, 0.1) is 0 Å². The Morgan fingerprint density at radius 2 is 1.81 bits per heavy atom. The van der Waals surface area contributed by atoms with E-state index in [1.54, 1.807) is 24.3 Å². The van der Waals surface area contributed by atoms with Gasteiger partial charge in [-0.2, -0.15) is 0 Å². The Hall–Kier alpha value is -1.66. The number of rotatable bonds is 1. The summed E-state index contributed by atoms with van der Waals surface area (Å²) < 4.78 is 25.6. The highest BCUT2D eigenvalue weighted by Crippen LogP contribution is 2.03. The first-order chi connectivity index (χ1) is 7.50. The molecule has 0 bridgehead atoms. The van der Waals surface area contributed by atoms with Crippen LogP contribution in [0.3, 0.4) is 0 Å². The van der Waals surface area contributed by atoms with Crippen LogP contribution in [0.2, 0.25) is 0 Å². The Labute approximate surface area is 93.6 Å². The minimum Gasteiger partial charge on any atom is -0.435 e. The molecule has 2 N–H and O–H groups in total. The lowest BCUT2D eigenvalue weighted by atomic mass is 10.4. The van der Waals surface area contributed by atoms with Gasteiger partial charge in [0.25, 0.3) is 0 Å². The van der Waals surface area contributed by atoms with Gasteiger partial charge < -0.3 is 4.74 Å². The van der Waals surface area contributed by atoms with Gasteiger partial charge in [0.15, 0.2) is 0 Å². The standard InChI is InChI=1S/C6H7NO2S.C4H4O2/c7-10(8,9)6-4-2-1-3-5-6;5-4-2-1-3-6-4/h1-5H,(H2,7,8,9);1,3H,2H2. The lowest BCUT2D eigenvalue weighted by Gasteiger charge is -1.93. The molecule has 1 aliphatic rings. The number of hydrogen-bond acceptors (Lipinski definition) is 4. The van der Waals surface area contributed by atoms with Gasteiger partial charge >= 0.3 is 5.97 Å². The molecule has 0 saturated carbocycles. The van der Waals surface area contributed by atoms with Gasteiger partial charge in [-0.15, -0.1) is 0 Å². The van der Waals surface area contributed by atoms with E-state index in [2.05, 4.69) is 4.74 Å². The van der Waals surface area contributed by atoms with Crippen LogP contribution < -0.4 is 5.14 Å². The largest absolute Gasteiger partial charge is 0.435 e. The van der Waals surface area contributed by atoms with E-state index < -0.39 is 10.0 Å². The molecule has 0 aliphatic carbocycles. The molecule has 0 atom stereocenters. The Morgan fingerprint density at radius 3 is 2.06 bits per heavy atom. The third-order valence-electron chi connectivity index (χ3n) is 1.65. The maximum absolute atomic E-state index is 10.6. The van der Waals surface area contributed by atoms with Crippen LogP contribution in [0.5, 0.6) is 0 Å². The highest BCUT2D eigenvalue weighted by molar-refractivity contribution is 7.89. The monoisotopic (exact) mass is 241 g/mol. The average Bonchev–Trinajstić information content (AvgIpc) is 2.70. The van der Waals surface area contributed by atoms with Crippen LogP contribution in [-0.2, 0) is 19.6 Å². The van der Waals surface area contributed by atoms with E-state index in [-0.39, 0.29) is 10.9 Å². The molecule has 1 aliphatic heterocycles. The predicted molar refractivity (Wildman–Crippen MR) is 57.7 cm³/mol. The van der Waals surface area contributed by atoms with Gasteiger partial charge in [-0.1, -0.05) is 18.2 Å². The summed E-state index contributed by atoms with van der Waals surface area (Å²) in [5.74, 6) is -0.157. The molecule has 0 aromatic heterocycles. The molecule has 0 radical (unpaired) electrons. The molecular weight excluding hydrogens is 230 g/mol. The molecular formula is C10H11NO4S. The first kappa shape index (κ1) is 12.4. The Balaban J connectivity index is 0.000000181. The molecule has 2 rings (SSSR count). The zero-order chi connectivity index (χ0) is 12.0. The van der Waals surface area contributed by atoms with E-state index in [4.69, 9.17) is 5.14 Å². The van der Waals surface area contributed by atoms with Crippen LogP contribution in [0.1, 0.15) is 6.42 Å². The first-order valence-electron chi connectivity index (χ1n) is 4.42. The SMILES string of the molecule is NS(=O)(=O)c1ccccc1.O=C1CC=CO1. The van der Waals surface area contributed by atoms with Crippen molar-refractivity contribution in [3.05, 3.63) is 42.7 Å². The number of ether oxygens (including phenoxy) is 1. The summed E-state index contributed by atoms with van der Waals surface area (Å²) in [5.41, 5.74) is 0. The van der Waals surface area contributed by atoms with E-state index in [0.29, 0.717) is 6.42 Å². The third kappa shape index (κ3) is 4.24. The van der Waals surface area contributed by atoms with Gasteiger partial charge in [-0.05, 0) is 18.2 Å². The number of carbonyl (C=O) groups excluding carboxylic acids is 1. The topological polar surface area (TPSA) is 86.5 Å². The number of primary sulfonamides is 1. The molecule has 0 fully saturated rings. The number of esters is 1. The molecule has 1 aromatic rings. The van der Waals surface area contributed by atoms with Crippen molar-refractivity contribution < 1.29 is 17.9 Å². The summed E-state index contributed by atoms with van der Waals surface area (Å²) in [6, 6.07) is 7.89.